The van der Waals surface area contributed by atoms with Crippen LogP contribution in [0.25, 0.3) is 5.78 Å². The van der Waals surface area contributed by atoms with Crippen LogP contribution in [0.15, 0.2) is 35.2 Å². The van der Waals surface area contributed by atoms with Crippen molar-refractivity contribution in [1.29, 1.82) is 0 Å². The van der Waals surface area contributed by atoms with Crippen LogP contribution >= 0.6 is 11.6 Å². The van der Waals surface area contributed by atoms with Crippen LogP contribution in [0.1, 0.15) is 11.4 Å². The molecule has 0 radical (unpaired) electrons. The molecule has 1 N–H and O–H groups in total. The van der Waals surface area contributed by atoms with Gasteiger partial charge in [0.1, 0.15) is 4.90 Å². The number of aryl methyl sites for hydroxylation is 1. The zero-order valence-corrected chi connectivity index (χ0v) is 14.0. The smallest absolute Gasteiger partial charge is 0.246 e. The lowest BCUT2D eigenvalue weighted by Gasteiger charge is -2.08. The number of sulfonamides is 1. The van der Waals surface area contributed by atoms with Gasteiger partial charge in [-0.3, -0.25) is 0 Å². The molecule has 2 heterocycles. The highest BCUT2D eigenvalue weighted by atomic mass is 35.5. The molecular weight excluding hydrogens is 383 g/mol. The summed E-state index contributed by atoms with van der Waals surface area (Å²) in [4.78, 5) is 7.26. The zero-order chi connectivity index (χ0) is 18.4. The topological polar surface area (TPSA) is 89.2 Å². The van der Waals surface area contributed by atoms with Crippen LogP contribution in [0.4, 0.5) is 19.1 Å². The highest BCUT2D eigenvalue weighted by Crippen LogP contribution is 2.30. The van der Waals surface area contributed by atoms with E-state index in [4.69, 9.17) is 11.6 Å². The number of benzene rings is 1. The maximum atomic E-state index is 13.1. The van der Waals surface area contributed by atoms with Crippen LogP contribution in [0, 0.1) is 6.92 Å². The maximum absolute atomic E-state index is 13.1. The Kier molecular flexibility index (Phi) is 4.07. The van der Waals surface area contributed by atoms with Gasteiger partial charge in [0.05, 0.1) is 5.02 Å². The molecule has 0 aliphatic rings. The molecule has 3 aromatic rings. The van der Waals surface area contributed by atoms with Crippen molar-refractivity contribution in [3.63, 3.8) is 0 Å². The molecule has 25 heavy (non-hydrogen) atoms. The fourth-order valence-electron chi connectivity index (χ4n) is 2.07. The Morgan fingerprint density at radius 2 is 1.88 bits per heavy atom. The highest BCUT2D eigenvalue weighted by molar-refractivity contribution is 7.92. The Morgan fingerprint density at radius 3 is 2.52 bits per heavy atom. The van der Waals surface area contributed by atoms with Gasteiger partial charge in [0.15, 0.2) is 5.69 Å². The number of aromatic nitrogens is 4. The lowest BCUT2D eigenvalue weighted by atomic mass is 10.3. The Labute approximate surface area is 144 Å². The first-order valence-corrected chi connectivity index (χ1v) is 8.53. The van der Waals surface area contributed by atoms with Crippen molar-refractivity contribution >= 4 is 33.4 Å². The van der Waals surface area contributed by atoms with E-state index in [9.17, 15) is 21.6 Å². The number of halogens is 4. The van der Waals surface area contributed by atoms with E-state index in [0.29, 0.717) is 4.52 Å². The van der Waals surface area contributed by atoms with E-state index in [1.807, 2.05) is 4.72 Å². The second-order valence-electron chi connectivity index (χ2n) is 4.96. The average molecular weight is 392 g/mol. The first-order chi connectivity index (χ1) is 11.6. The fourth-order valence-corrected chi connectivity index (χ4v) is 3.53. The first-order valence-electron chi connectivity index (χ1n) is 6.67. The van der Waals surface area contributed by atoms with Crippen LogP contribution < -0.4 is 4.72 Å². The number of hydrogen-bond donors (Lipinski definition) is 1. The van der Waals surface area contributed by atoms with Crippen LogP contribution in [-0.4, -0.2) is 28.0 Å². The molecule has 132 valence electrons. The van der Waals surface area contributed by atoms with Crippen molar-refractivity contribution < 1.29 is 21.6 Å². The predicted molar refractivity (Wildman–Crippen MR) is 82.8 cm³/mol. The third-order valence-electron chi connectivity index (χ3n) is 3.08. The molecule has 0 atom stereocenters. The van der Waals surface area contributed by atoms with E-state index in [1.165, 1.54) is 31.2 Å². The minimum Gasteiger partial charge on any atom is -0.246 e. The van der Waals surface area contributed by atoms with E-state index in [2.05, 4.69) is 15.1 Å². The quantitative estimate of drug-likeness (QED) is 0.741. The lowest BCUT2D eigenvalue weighted by Crippen LogP contribution is -2.15. The van der Waals surface area contributed by atoms with Crippen molar-refractivity contribution in [1.82, 2.24) is 19.6 Å². The molecule has 12 heteroatoms. The summed E-state index contributed by atoms with van der Waals surface area (Å²) >= 11 is 5.83. The summed E-state index contributed by atoms with van der Waals surface area (Å²) in [7, 11) is -4.18. The summed E-state index contributed by atoms with van der Waals surface area (Å²) in [5, 5.41) is 3.50. The maximum Gasteiger partial charge on any atom is 0.433 e. The molecule has 2 aromatic heterocycles. The summed E-state index contributed by atoms with van der Waals surface area (Å²) in [6.07, 6.45) is -4.71. The molecule has 3 rings (SSSR count). The second-order valence-corrected chi connectivity index (χ2v) is 7.02. The Bertz CT molecular complexity index is 1070. The number of fused-ring (bicyclic) bond motifs is 1. The fraction of sp³-hybridized carbons (Fsp3) is 0.154. The van der Waals surface area contributed by atoms with Gasteiger partial charge in [0.25, 0.3) is 21.7 Å². The summed E-state index contributed by atoms with van der Waals surface area (Å²) < 4.78 is 66.3. The van der Waals surface area contributed by atoms with E-state index in [1.54, 1.807) is 0 Å². The minimum absolute atomic E-state index is 0.0521. The first kappa shape index (κ1) is 17.4. The molecular formula is C13H9ClF3N5O2S. The van der Waals surface area contributed by atoms with Gasteiger partial charge >= 0.3 is 6.18 Å². The normalized spacial score (nSPS) is 12.5. The third kappa shape index (κ3) is 3.37. The minimum atomic E-state index is -4.71. The van der Waals surface area contributed by atoms with Crippen LogP contribution in [-0.2, 0) is 16.2 Å². The Hall–Kier alpha value is -2.40. The summed E-state index contributed by atoms with van der Waals surface area (Å²) in [6, 6.07) is 6.37. The van der Waals surface area contributed by atoms with E-state index in [-0.39, 0.29) is 21.4 Å². The Balaban J connectivity index is 2.08. The number of nitrogens with zero attached hydrogens (tertiary/aromatic N) is 4. The van der Waals surface area contributed by atoms with Gasteiger partial charge in [0, 0.05) is 5.69 Å². The van der Waals surface area contributed by atoms with Gasteiger partial charge in [-0.2, -0.15) is 22.7 Å². The van der Waals surface area contributed by atoms with E-state index >= 15 is 0 Å². The number of rotatable bonds is 3. The molecule has 0 bridgehead atoms. The summed E-state index contributed by atoms with van der Waals surface area (Å²) in [6.45, 7) is 1.36. The monoisotopic (exact) mass is 391 g/mol. The molecule has 0 spiro atoms. The van der Waals surface area contributed by atoms with Gasteiger partial charge in [0.2, 0.25) is 0 Å². The molecule has 0 amide bonds. The van der Waals surface area contributed by atoms with Gasteiger partial charge in [-0.25, -0.2) is 18.1 Å². The van der Waals surface area contributed by atoms with Gasteiger partial charge in [-0.1, -0.05) is 23.7 Å². The molecule has 1 aromatic carbocycles. The zero-order valence-electron chi connectivity index (χ0n) is 12.4. The summed E-state index contributed by atoms with van der Waals surface area (Å²) in [5.74, 6) is -0.937. The largest absolute Gasteiger partial charge is 0.433 e. The van der Waals surface area contributed by atoms with Crippen LogP contribution in [0.2, 0.25) is 5.02 Å². The standard InChI is InChI=1S/C13H9ClF3N5O2S/c1-7-6-10(13(15,16)17)22-12(18-7)19-11(20-22)21-25(23,24)9-5-3-2-4-8(9)14/h2-6H,1H3,(H,20,21). The molecule has 0 fully saturated rings. The average Bonchev–Trinajstić information content (AvgIpc) is 2.86. The number of hydrogen-bond acceptors (Lipinski definition) is 5. The number of anilines is 1. The molecule has 0 aliphatic carbocycles. The molecule has 0 aliphatic heterocycles. The van der Waals surface area contributed by atoms with Crippen molar-refractivity contribution in [2.45, 2.75) is 18.0 Å². The van der Waals surface area contributed by atoms with Gasteiger partial charge < -0.3 is 0 Å². The second kappa shape index (κ2) is 5.85. The van der Waals surface area contributed by atoms with Crippen molar-refractivity contribution in [3.8, 4) is 0 Å². The molecule has 7 nitrogen and oxygen atoms in total. The van der Waals surface area contributed by atoms with Gasteiger partial charge in [-0.15, -0.1) is 5.10 Å². The summed E-state index contributed by atoms with van der Waals surface area (Å²) in [5.41, 5.74) is -1.06. The number of nitrogens with one attached hydrogen (secondary N) is 1. The SMILES string of the molecule is Cc1cc(C(F)(F)F)n2nc(NS(=O)(=O)c3ccccc3Cl)nc2n1. The van der Waals surface area contributed by atoms with Crippen LogP contribution in [0.5, 0.6) is 0 Å². The molecule has 0 unspecified atom stereocenters. The van der Waals surface area contributed by atoms with Gasteiger partial charge in [-0.05, 0) is 25.1 Å². The Morgan fingerprint density at radius 1 is 1.20 bits per heavy atom. The lowest BCUT2D eigenvalue weighted by molar-refractivity contribution is -0.142. The van der Waals surface area contributed by atoms with Crippen molar-refractivity contribution in [2.24, 2.45) is 0 Å². The molecule has 0 saturated carbocycles. The predicted octanol–water partition coefficient (Wildman–Crippen LogP) is 2.91. The third-order valence-corrected chi connectivity index (χ3v) is 4.91. The van der Waals surface area contributed by atoms with E-state index < -0.39 is 27.8 Å². The van der Waals surface area contributed by atoms with Crippen molar-refractivity contribution in [2.75, 3.05) is 4.72 Å². The molecule has 0 saturated heterocycles. The number of alkyl halides is 3. The van der Waals surface area contributed by atoms with E-state index in [0.717, 1.165) is 6.07 Å². The van der Waals surface area contributed by atoms with Crippen LogP contribution in [0.3, 0.4) is 0 Å². The van der Waals surface area contributed by atoms with Crippen molar-refractivity contribution in [3.05, 3.63) is 46.7 Å². The highest BCUT2D eigenvalue weighted by Gasteiger charge is 2.35.